The van der Waals surface area contributed by atoms with Gasteiger partial charge in [0.05, 0.1) is 16.2 Å². The van der Waals surface area contributed by atoms with Gasteiger partial charge in [-0.05, 0) is 55.4 Å². The third-order valence-corrected chi connectivity index (χ3v) is 6.67. The van der Waals surface area contributed by atoms with Gasteiger partial charge < -0.3 is 5.32 Å². The first-order valence-corrected chi connectivity index (χ1v) is 12.1. The number of fused-ring (bicyclic) bond motifs is 1. The number of nitrogens with zero attached hydrogens (tertiary/aromatic N) is 2. The molecule has 2 aromatic carbocycles. The number of aromatic nitrogens is 2. The average molecular weight is 452 g/mol. The fourth-order valence-electron chi connectivity index (χ4n) is 3.60. The molecule has 1 atom stereocenters. The summed E-state index contributed by atoms with van der Waals surface area (Å²) in [6.07, 6.45) is 0.870. The van der Waals surface area contributed by atoms with Crippen LogP contribution in [0.4, 0.5) is 5.69 Å². The van der Waals surface area contributed by atoms with Crippen molar-refractivity contribution in [3.05, 3.63) is 63.9 Å². The fourth-order valence-corrected chi connectivity index (χ4v) is 4.54. The molecule has 1 aromatic heterocycles. The minimum atomic E-state index is -0.409. The summed E-state index contributed by atoms with van der Waals surface area (Å²) >= 11 is 1.34. The molecule has 3 rings (SSSR count). The SMILES string of the molecule is Cc1cccc(C(C)C)c1NC(=O)C(C)Sc1nc2ccccc2c(=O)n1CCC(C)C. The molecule has 1 amide bonds. The van der Waals surface area contributed by atoms with Gasteiger partial charge in [0.25, 0.3) is 5.56 Å². The van der Waals surface area contributed by atoms with Gasteiger partial charge in [0.2, 0.25) is 5.91 Å². The summed E-state index contributed by atoms with van der Waals surface area (Å²) in [6.45, 7) is 13.0. The molecule has 0 radical (unpaired) electrons. The van der Waals surface area contributed by atoms with E-state index >= 15 is 0 Å². The van der Waals surface area contributed by atoms with E-state index in [4.69, 9.17) is 4.98 Å². The van der Waals surface area contributed by atoms with E-state index in [9.17, 15) is 9.59 Å². The summed E-state index contributed by atoms with van der Waals surface area (Å²) in [5.41, 5.74) is 3.65. The number of benzene rings is 2. The molecular weight excluding hydrogens is 418 g/mol. The molecule has 0 saturated heterocycles. The number of amides is 1. The maximum atomic E-state index is 13.2. The van der Waals surface area contributed by atoms with E-state index in [1.807, 2.05) is 50.2 Å². The van der Waals surface area contributed by atoms with Crippen molar-refractivity contribution in [2.75, 3.05) is 5.32 Å². The average Bonchev–Trinajstić information content (AvgIpc) is 2.74. The molecule has 0 aliphatic rings. The van der Waals surface area contributed by atoms with E-state index < -0.39 is 5.25 Å². The Morgan fingerprint density at radius 1 is 1.06 bits per heavy atom. The lowest BCUT2D eigenvalue weighted by molar-refractivity contribution is -0.115. The van der Waals surface area contributed by atoms with Gasteiger partial charge in [-0.25, -0.2) is 4.98 Å². The number of nitrogens with one attached hydrogen (secondary N) is 1. The van der Waals surface area contributed by atoms with Gasteiger partial charge in [-0.2, -0.15) is 0 Å². The minimum Gasteiger partial charge on any atom is -0.325 e. The molecule has 0 bridgehead atoms. The van der Waals surface area contributed by atoms with Gasteiger partial charge in [-0.15, -0.1) is 0 Å². The normalized spacial score (nSPS) is 12.5. The van der Waals surface area contributed by atoms with Crippen LogP contribution in [0.1, 0.15) is 58.1 Å². The quantitative estimate of drug-likeness (QED) is 0.337. The molecule has 1 unspecified atom stereocenters. The van der Waals surface area contributed by atoms with Crippen molar-refractivity contribution in [1.29, 1.82) is 0 Å². The third kappa shape index (κ3) is 5.41. The summed E-state index contributed by atoms with van der Waals surface area (Å²) in [5, 5.41) is 3.92. The second kappa shape index (κ2) is 10.3. The number of anilines is 1. The molecule has 5 nitrogen and oxygen atoms in total. The molecule has 0 saturated carbocycles. The van der Waals surface area contributed by atoms with Crippen molar-refractivity contribution in [2.24, 2.45) is 5.92 Å². The number of hydrogen-bond acceptors (Lipinski definition) is 4. The zero-order valence-electron chi connectivity index (χ0n) is 19.8. The van der Waals surface area contributed by atoms with Crippen LogP contribution in [-0.2, 0) is 11.3 Å². The van der Waals surface area contributed by atoms with Crippen molar-refractivity contribution in [1.82, 2.24) is 9.55 Å². The standard InChI is InChI=1S/C26H33N3O2S/c1-16(2)14-15-29-25(31)21-11-7-8-13-22(21)27-26(29)32-19(6)24(30)28-23-18(5)10-9-12-20(23)17(3)4/h7-13,16-17,19H,14-15H2,1-6H3,(H,28,30). The van der Waals surface area contributed by atoms with E-state index in [-0.39, 0.29) is 11.5 Å². The van der Waals surface area contributed by atoms with Gasteiger partial charge in [0.15, 0.2) is 5.16 Å². The van der Waals surface area contributed by atoms with Crippen LogP contribution in [0.15, 0.2) is 52.4 Å². The molecule has 6 heteroatoms. The number of hydrogen-bond donors (Lipinski definition) is 1. The maximum Gasteiger partial charge on any atom is 0.262 e. The Hall–Kier alpha value is -2.60. The molecule has 0 aliphatic carbocycles. The van der Waals surface area contributed by atoms with Crippen LogP contribution in [0, 0.1) is 12.8 Å². The predicted octanol–water partition coefficient (Wildman–Crippen LogP) is 5.99. The largest absolute Gasteiger partial charge is 0.325 e. The Morgan fingerprint density at radius 2 is 1.78 bits per heavy atom. The zero-order valence-corrected chi connectivity index (χ0v) is 20.6. The lowest BCUT2D eigenvalue weighted by Crippen LogP contribution is -2.28. The first-order valence-electron chi connectivity index (χ1n) is 11.3. The lowest BCUT2D eigenvalue weighted by Gasteiger charge is -2.20. The first-order chi connectivity index (χ1) is 15.2. The number of thioether (sulfide) groups is 1. The van der Waals surface area contributed by atoms with Crippen molar-refractivity contribution in [2.45, 2.75) is 70.8 Å². The maximum absolute atomic E-state index is 13.2. The van der Waals surface area contributed by atoms with Crippen LogP contribution in [0.5, 0.6) is 0 Å². The molecule has 32 heavy (non-hydrogen) atoms. The number of para-hydroxylation sites is 2. The third-order valence-electron chi connectivity index (χ3n) is 5.58. The van der Waals surface area contributed by atoms with E-state index in [0.29, 0.717) is 34.4 Å². The van der Waals surface area contributed by atoms with Crippen molar-refractivity contribution < 1.29 is 4.79 Å². The molecule has 1 heterocycles. The molecule has 3 aromatic rings. The molecular formula is C26H33N3O2S. The number of carbonyl (C=O) groups is 1. The minimum absolute atomic E-state index is 0.0487. The van der Waals surface area contributed by atoms with Crippen molar-refractivity contribution in [3.8, 4) is 0 Å². The predicted molar refractivity (Wildman–Crippen MR) is 135 cm³/mol. The number of carbonyl (C=O) groups excluding carboxylic acids is 1. The molecule has 0 spiro atoms. The second-order valence-electron chi connectivity index (χ2n) is 8.99. The van der Waals surface area contributed by atoms with Gasteiger partial charge in [-0.1, -0.05) is 69.8 Å². The second-order valence-corrected chi connectivity index (χ2v) is 10.3. The van der Waals surface area contributed by atoms with E-state index in [2.05, 4.69) is 39.1 Å². The Kier molecular flexibility index (Phi) is 7.77. The Morgan fingerprint density at radius 3 is 2.47 bits per heavy atom. The van der Waals surface area contributed by atoms with Crippen LogP contribution >= 0.6 is 11.8 Å². The lowest BCUT2D eigenvalue weighted by atomic mass is 9.98. The van der Waals surface area contributed by atoms with Crippen LogP contribution in [0.25, 0.3) is 10.9 Å². The monoisotopic (exact) mass is 451 g/mol. The summed E-state index contributed by atoms with van der Waals surface area (Å²) in [6, 6.07) is 13.5. The van der Waals surface area contributed by atoms with Gasteiger partial charge in [0.1, 0.15) is 0 Å². The van der Waals surface area contributed by atoms with Gasteiger partial charge in [0, 0.05) is 12.2 Å². The highest BCUT2D eigenvalue weighted by molar-refractivity contribution is 8.00. The topological polar surface area (TPSA) is 64.0 Å². The van der Waals surface area contributed by atoms with Crippen LogP contribution in [0.3, 0.4) is 0 Å². The van der Waals surface area contributed by atoms with Crippen LogP contribution in [0.2, 0.25) is 0 Å². The van der Waals surface area contributed by atoms with Crippen LogP contribution < -0.4 is 10.9 Å². The van der Waals surface area contributed by atoms with E-state index in [1.54, 1.807) is 4.57 Å². The highest BCUT2D eigenvalue weighted by Crippen LogP contribution is 2.29. The van der Waals surface area contributed by atoms with Crippen molar-refractivity contribution >= 4 is 34.3 Å². The molecule has 170 valence electrons. The highest BCUT2D eigenvalue weighted by atomic mass is 32.2. The van der Waals surface area contributed by atoms with Gasteiger partial charge in [-0.3, -0.25) is 14.2 Å². The van der Waals surface area contributed by atoms with Gasteiger partial charge >= 0.3 is 0 Å². The Balaban J connectivity index is 1.91. The Labute approximate surface area is 194 Å². The Bertz CT molecular complexity index is 1170. The highest BCUT2D eigenvalue weighted by Gasteiger charge is 2.21. The fraction of sp³-hybridized carbons (Fsp3) is 0.423. The summed E-state index contributed by atoms with van der Waals surface area (Å²) in [7, 11) is 0. The molecule has 1 N–H and O–H groups in total. The summed E-state index contributed by atoms with van der Waals surface area (Å²) < 4.78 is 1.73. The van der Waals surface area contributed by atoms with E-state index in [1.165, 1.54) is 11.8 Å². The summed E-state index contributed by atoms with van der Waals surface area (Å²) in [4.78, 5) is 31.1. The van der Waals surface area contributed by atoms with E-state index in [0.717, 1.165) is 23.2 Å². The molecule has 0 aliphatic heterocycles. The van der Waals surface area contributed by atoms with Crippen LogP contribution in [-0.4, -0.2) is 20.7 Å². The number of rotatable bonds is 8. The first kappa shape index (κ1) is 24.1. The smallest absolute Gasteiger partial charge is 0.262 e. The zero-order chi connectivity index (χ0) is 23.4. The number of aryl methyl sites for hydroxylation is 1. The molecule has 0 fully saturated rings. The summed E-state index contributed by atoms with van der Waals surface area (Å²) in [5.74, 6) is 0.669. The van der Waals surface area contributed by atoms with Crippen molar-refractivity contribution in [3.63, 3.8) is 0 Å².